The van der Waals surface area contributed by atoms with Gasteiger partial charge in [-0.15, -0.1) is 0 Å². The van der Waals surface area contributed by atoms with Crippen molar-refractivity contribution in [1.82, 2.24) is 15.5 Å². The molecule has 1 aliphatic carbocycles. The first-order valence-corrected chi connectivity index (χ1v) is 8.52. The molecule has 0 bridgehead atoms. The fourth-order valence-corrected chi connectivity index (χ4v) is 4.56. The average molecular weight is 279 g/mol. The van der Waals surface area contributed by atoms with Crippen LogP contribution in [0.15, 0.2) is 0 Å². The van der Waals surface area contributed by atoms with Crippen LogP contribution in [0.1, 0.15) is 45.4 Å². The van der Waals surface area contributed by atoms with E-state index < -0.39 is 0 Å². The first-order chi connectivity index (χ1) is 9.78. The molecule has 2 aliphatic heterocycles. The highest BCUT2D eigenvalue weighted by Crippen LogP contribution is 2.33. The number of hydrogen-bond donors (Lipinski definition) is 2. The number of carbonyl (C=O) groups is 1. The molecule has 0 aromatic carbocycles. The summed E-state index contributed by atoms with van der Waals surface area (Å²) >= 11 is 0. The highest BCUT2D eigenvalue weighted by Gasteiger charge is 2.43. The van der Waals surface area contributed by atoms with Crippen molar-refractivity contribution in [3.05, 3.63) is 0 Å². The summed E-state index contributed by atoms with van der Waals surface area (Å²) in [5.74, 6) is 1.79. The Morgan fingerprint density at radius 2 is 2.05 bits per heavy atom. The van der Waals surface area contributed by atoms with E-state index in [1.165, 1.54) is 38.5 Å². The Balaban J connectivity index is 1.50. The third kappa shape index (κ3) is 3.01. The van der Waals surface area contributed by atoms with Crippen molar-refractivity contribution in [3.8, 4) is 0 Å². The number of amides is 1. The number of fused-ring (bicyclic) bond motifs is 1. The van der Waals surface area contributed by atoms with Gasteiger partial charge in [0.25, 0.3) is 0 Å². The predicted molar refractivity (Wildman–Crippen MR) is 80.5 cm³/mol. The second kappa shape index (κ2) is 6.44. The van der Waals surface area contributed by atoms with Gasteiger partial charge in [-0.3, -0.25) is 9.69 Å². The van der Waals surface area contributed by atoms with Gasteiger partial charge in [-0.1, -0.05) is 26.2 Å². The zero-order valence-electron chi connectivity index (χ0n) is 12.7. The molecular formula is C16H29N3O. The lowest BCUT2D eigenvalue weighted by Crippen LogP contribution is -2.45. The molecule has 4 nitrogen and oxygen atoms in total. The van der Waals surface area contributed by atoms with Gasteiger partial charge in [-0.2, -0.15) is 0 Å². The number of hydrogen-bond acceptors (Lipinski definition) is 3. The summed E-state index contributed by atoms with van der Waals surface area (Å²) in [5, 5.41) is 6.76. The van der Waals surface area contributed by atoms with Crippen molar-refractivity contribution in [2.45, 2.75) is 57.5 Å². The standard InChI is InChI=1S/C16H29N3O/c1-2-15-14-9-17-8-12(14)10-19(15)11-16(20)18-13-6-4-3-5-7-13/h12-15,17H,2-11H2,1H3,(H,18,20). The van der Waals surface area contributed by atoms with Crippen molar-refractivity contribution in [2.75, 3.05) is 26.2 Å². The lowest BCUT2D eigenvalue weighted by atomic mass is 9.93. The van der Waals surface area contributed by atoms with Gasteiger partial charge in [-0.05, 0) is 44.2 Å². The SMILES string of the molecule is CCC1C2CNCC2CN1CC(=O)NC1CCCCC1. The molecule has 3 rings (SSSR count). The number of rotatable bonds is 4. The van der Waals surface area contributed by atoms with Crippen LogP contribution in [0, 0.1) is 11.8 Å². The van der Waals surface area contributed by atoms with Crippen LogP contribution in [0.2, 0.25) is 0 Å². The van der Waals surface area contributed by atoms with Gasteiger partial charge >= 0.3 is 0 Å². The van der Waals surface area contributed by atoms with Crippen molar-refractivity contribution in [1.29, 1.82) is 0 Å². The predicted octanol–water partition coefficient (Wildman–Crippen LogP) is 1.37. The fourth-order valence-electron chi connectivity index (χ4n) is 4.56. The van der Waals surface area contributed by atoms with Gasteiger partial charge < -0.3 is 10.6 Å². The summed E-state index contributed by atoms with van der Waals surface area (Å²) in [6.45, 7) is 6.26. The molecular weight excluding hydrogens is 250 g/mol. The van der Waals surface area contributed by atoms with E-state index in [1.54, 1.807) is 0 Å². The summed E-state index contributed by atoms with van der Waals surface area (Å²) in [5.41, 5.74) is 0. The zero-order valence-corrected chi connectivity index (χ0v) is 12.7. The fraction of sp³-hybridized carbons (Fsp3) is 0.938. The lowest BCUT2D eigenvalue weighted by molar-refractivity contribution is -0.123. The Bertz CT molecular complexity index is 341. The molecule has 20 heavy (non-hydrogen) atoms. The molecule has 2 heterocycles. The maximum absolute atomic E-state index is 12.3. The molecule has 0 radical (unpaired) electrons. The third-order valence-corrected chi connectivity index (χ3v) is 5.56. The topological polar surface area (TPSA) is 44.4 Å². The highest BCUT2D eigenvalue weighted by molar-refractivity contribution is 5.78. The normalized spacial score (nSPS) is 35.1. The van der Waals surface area contributed by atoms with Crippen LogP contribution in [-0.2, 0) is 4.79 Å². The van der Waals surface area contributed by atoms with Crippen LogP contribution < -0.4 is 10.6 Å². The van der Waals surface area contributed by atoms with E-state index in [0.717, 1.165) is 31.5 Å². The molecule has 3 atom stereocenters. The minimum absolute atomic E-state index is 0.253. The molecule has 1 amide bonds. The third-order valence-electron chi connectivity index (χ3n) is 5.56. The summed E-state index contributed by atoms with van der Waals surface area (Å²) in [4.78, 5) is 14.7. The van der Waals surface area contributed by atoms with E-state index >= 15 is 0 Å². The van der Waals surface area contributed by atoms with Crippen LogP contribution >= 0.6 is 0 Å². The van der Waals surface area contributed by atoms with Crippen LogP contribution in [0.4, 0.5) is 0 Å². The smallest absolute Gasteiger partial charge is 0.234 e. The van der Waals surface area contributed by atoms with Gasteiger partial charge in [0.05, 0.1) is 6.54 Å². The van der Waals surface area contributed by atoms with Gasteiger partial charge in [-0.25, -0.2) is 0 Å². The number of carbonyl (C=O) groups excluding carboxylic acids is 1. The molecule has 3 aliphatic rings. The van der Waals surface area contributed by atoms with E-state index in [0.29, 0.717) is 18.6 Å². The zero-order chi connectivity index (χ0) is 13.9. The monoisotopic (exact) mass is 279 g/mol. The van der Waals surface area contributed by atoms with E-state index in [9.17, 15) is 4.79 Å². The van der Waals surface area contributed by atoms with Gasteiger partial charge in [0.15, 0.2) is 0 Å². The number of nitrogens with zero attached hydrogens (tertiary/aromatic N) is 1. The molecule has 114 valence electrons. The summed E-state index contributed by atoms with van der Waals surface area (Å²) in [6, 6.07) is 1.05. The van der Waals surface area contributed by atoms with E-state index in [1.807, 2.05) is 0 Å². The Morgan fingerprint density at radius 3 is 2.80 bits per heavy atom. The van der Waals surface area contributed by atoms with Gasteiger partial charge in [0, 0.05) is 18.6 Å². The maximum Gasteiger partial charge on any atom is 0.234 e. The molecule has 1 saturated carbocycles. The minimum atomic E-state index is 0.253. The summed E-state index contributed by atoms with van der Waals surface area (Å²) in [7, 11) is 0. The van der Waals surface area contributed by atoms with Crippen LogP contribution in [-0.4, -0.2) is 49.1 Å². The molecule has 0 spiro atoms. The van der Waals surface area contributed by atoms with Gasteiger partial charge in [0.2, 0.25) is 5.91 Å². The van der Waals surface area contributed by atoms with Crippen molar-refractivity contribution < 1.29 is 4.79 Å². The molecule has 3 fully saturated rings. The summed E-state index contributed by atoms with van der Waals surface area (Å²) < 4.78 is 0. The molecule has 4 heteroatoms. The highest BCUT2D eigenvalue weighted by atomic mass is 16.2. The second-order valence-corrected chi connectivity index (χ2v) is 6.89. The molecule has 2 N–H and O–H groups in total. The lowest BCUT2D eigenvalue weighted by Gasteiger charge is -2.28. The van der Waals surface area contributed by atoms with Gasteiger partial charge in [0.1, 0.15) is 0 Å². The van der Waals surface area contributed by atoms with Crippen LogP contribution in [0.25, 0.3) is 0 Å². The average Bonchev–Trinajstić information content (AvgIpc) is 3.00. The van der Waals surface area contributed by atoms with Crippen molar-refractivity contribution in [2.24, 2.45) is 11.8 Å². The minimum Gasteiger partial charge on any atom is -0.352 e. The van der Waals surface area contributed by atoms with Crippen LogP contribution in [0.5, 0.6) is 0 Å². The quantitative estimate of drug-likeness (QED) is 0.817. The molecule has 0 aromatic heterocycles. The second-order valence-electron chi connectivity index (χ2n) is 6.89. The van der Waals surface area contributed by atoms with Crippen LogP contribution in [0.3, 0.4) is 0 Å². The Kier molecular flexibility index (Phi) is 4.61. The molecule has 2 saturated heterocycles. The van der Waals surface area contributed by atoms with Crippen molar-refractivity contribution >= 4 is 5.91 Å². The number of likely N-dealkylation sites (tertiary alicyclic amines) is 1. The largest absolute Gasteiger partial charge is 0.352 e. The summed E-state index contributed by atoms with van der Waals surface area (Å²) in [6.07, 6.45) is 7.42. The van der Waals surface area contributed by atoms with E-state index in [2.05, 4.69) is 22.5 Å². The number of nitrogens with one attached hydrogen (secondary N) is 2. The first-order valence-electron chi connectivity index (χ1n) is 8.52. The maximum atomic E-state index is 12.3. The van der Waals surface area contributed by atoms with Crippen molar-refractivity contribution in [3.63, 3.8) is 0 Å². The molecule has 0 aromatic rings. The Hall–Kier alpha value is -0.610. The van der Waals surface area contributed by atoms with E-state index in [4.69, 9.17) is 0 Å². The Labute approximate surface area is 122 Å². The van der Waals surface area contributed by atoms with E-state index in [-0.39, 0.29) is 5.91 Å². The first kappa shape index (κ1) is 14.3. The Morgan fingerprint density at radius 1 is 1.25 bits per heavy atom. The molecule has 3 unspecified atom stereocenters.